The fourth-order valence-corrected chi connectivity index (χ4v) is 3.72. The first-order chi connectivity index (χ1) is 15.4. The number of hydrogen-bond acceptors (Lipinski definition) is 8. The molecule has 1 aliphatic heterocycles. The molecule has 0 saturated carbocycles. The number of esters is 3. The maximum absolute atomic E-state index is 13.1. The topological polar surface area (TPSA) is 99.2 Å². The second kappa shape index (κ2) is 12.0. The van der Waals surface area contributed by atoms with Gasteiger partial charge in [-0.3, -0.25) is 19.3 Å². The molecule has 1 unspecified atom stereocenters. The molecule has 1 aliphatic rings. The van der Waals surface area contributed by atoms with E-state index < -0.39 is 35.0 Å². The quantitative estimate of drug-likeness (QED) is 0.178. The van der Waals surface area contributed by atoms with E-state index in [0.717, 1.165) is 11.6 Å². The Morgan fingerprint density at radius 3 is 2.16 bits per heavy atom. The van der Waals surface area contributed by atoms with Crippen LogP contribution in [0.4, 0.5) is 0 Å². The first kappa shape index (κ1) is 25.0. The van der Waals surface area contributed by atoms with E-state index in [2.05, 4.69) is 4.74 Å². The Labute approximate surface area is 187 Å². The zero-order valence-corrected chi connectivity index (χ0v) is 18.6. The van der Waals surface area contributed by atoms with E-state index in [1.54, 1.807) is 13.8 Å². The third kappa shape index (κ3) is 5.91. The molecule has 1 heterocycles. The highest BCUT2D eigenvalue weighted by molar-refractivity contribution is 6.08. The van der Waals surface area contributed by atoms with E-state index >= 15 is 0 Å². The maximum atomic E-state index is 13.1. The molecule has 1 aromatic carbocycles. The maximum Gasteiger partial charge on any atom is 0.330 e. The molecule has 0 bridgehead atoms. The molecular formula is C24H29NO7. The van der Waals surface area contributed by atoms with Crippen molar-refractivity contribution in [3.8, 4) is 0 Å². The van der Waals surface area contributed by atoms with Crippen LogP contribution in [0.2, 0.25) is 0 Å². The number of carbonyl (C=O) groups is 4. The lowest BCUT2D eigenvalue weighted by Gasteiger charge is -2.28. The minimum atomic E-state index is -1.77. The standard InChI is InChI=1S/C24H29NO7/c1-4-31-22(28)24(23(29)32-5-2)17-25(15-18-11-7-6-8-12-18)16-19(24)20(26)13-9-10-14-21(27)30-3/h6-14,19H,4-5,15-17H2,1-3H3/b13-9+,14-10+. The van der Waals surface area contributed by atoms with Crippen LogP contribution < -0.4 is 0 Å². The van der Waals surface area contributed by atoms with Crippen molar-refractivity contribution in [3.05, 3.63) is 60.2 Å². The van der Waals surface area contributed by atoms with E-state index in [1.807, 2.05) is 35.2 Å². The first-order valence-corrected chi connectivity index (χ1v) is 10.5. The molecule has 1 fully saturated rings. The second-order valence-electron chi connectivity index (χ2n) is 7.26. The Kier molecular flexibility index (Phi) is 9.34. The van der Waals surface area contributed by atoms with Crippen LogP contribution in [0.1, 0.15) is 19.4 Å². The summed E-state index contributed by atoms with van der Waals surface area (Å²) in [5.41, 5.74) is -0.785. The van der Waals surface area contributed by atoms with Crippen molar-refractivity contribution >= 4 is 23.7 Å². The predicted octanol–water partition coefficient (Wildman–Crippen LogP) is 2.09. The van der Waals surface area contributed by atoms with Gasteiger partial charge in [-0.05, 0) is 25.5 Å². The Hall–Kier alpha value is -3.26. The normalized spacial score (nSPS) is 18.0. The predicted molar refractivity (Wildman–Crippen MR) is 116 cm³/mol. The zero-order chi connectivity index (χ0) is 23.6. The van der Waals surface area contributed by atoms with Gasteiger partial charge in [0.15, 0.2) is 11.2 Å². The number of nitrogens with zero attached hydrogens (tertiary/aromatic N) is 1. The van der Waals surface area contributed by atoms with Crippen LogP contribution in [0.25, 0.3) is 0 Å². The van der Waals surface area contributed by atoms with Gasteiger partial charge in [0.1, 0.15) is 0 Å². The molecule has 172 valence electrons. The molecule has 0 spiro atoms. The van der Waals surface area contributed by atoms with Crippen LogP contribution in [0.3, 0.4) is 0 Å². The van der Waals surface area contributed by atoms with Gasteiger partial charge in [0.05, 0.1) is 26.2 Å². The van der Waals surface area contributed by atoms with Crippen molar-refractivity contribution in [2.24, 2.45) is 11.3 Å². The van der Waals surface area contributed by atoms with Gasteiger partial charge in [-0.1, -0.05) is 42.5 Å². The van der Waals surface area contributed by atoms with Crippen LogP contribution in [-0.4, -0.2) is 62.0 Å². The van der Waals surface area contributed by atoms with E-state index in [9.17, 15) is 19.2 Å². The highest BCUT2D eigenvalue weighted by Crippen LogP contribution is 2.40. The Balaban J connectivity index is 2.38. The molecular weight excluding hydrogens is 414 g/mol. The van der Waals surface area contributed by atoms with Crippen LogP contribution in [0.5, 0.6) is 0 Å². The number of carbonyl (C=O) groups excluding carboxylic acids is 4. The molecule has 0 radical (unpaired) electrons. The summed E-state index contributed by atoms with van der Waals surface area (Å²) in [7, 11) is 1.24. The van der Waals surface area contributed by atoms with E-state index in [-0.39, 0.29) is 26.3 Å². The minimum absolute atomic E-state index is 0.00179. The number of rotatable bonds is 10. The number of methoxy groups -OCH3 is 1. The smallest absolute Gasteiger partial charge is 0.330 e. The molecule has 2 rings (SSSR count). The second-order valence-corrected chi connectivity index (χ2v) is 7.26. The van der Waals surface area contributed by atoms with Gasteiger partial charge in [-0.15, -0.1) is 0 Å². The summed E-state index contributed by atoms with van der Waals surface area (Å²) in [6.07, 6.45) is 5.13. The van der Waals surface area contributed by atoms with Gasteiger partial charge in [0, 0.05) is 25.7 Å². The van der Waals surface area contributed by atoms with Crippen molar-refractivity contribution in [1.82, 2.24) is 4.90 Å². The van der Waals surface area contributed by atoms with Crippen LogP contribution in [0, 0.1) is 11.3 Å². The Bertz CT molecular complexity index is 858. The summed E-state index contributed by atoms with van der Waals surface area (Å²) in [5, 5.41) is 0. The Morgan fingerprint density at radius 1 is 1.00 bits per heavy atom. The molecule has 8 heteroatoms. The molecule has 8 nitrogen and oxygen atoms in total. The van der Waals surface area contributed by atoms with Crippen molar-refractivity contribution in [1.29, 1.82) is 0 Å². The lowest BCUT2D eigenvalue weighted by atomic mass is 9.75. The summed E-state index contributed by atoms with van der Waals surface area (Å²) in [5.74, 6) is -3.54. The number of ether oxygens (including phenoxy) is 3. The van der Waals surface area contributed by atoms with Crippen molar-refractivity contribution in [2.75, 3.05) is 33.4 Å². The van der Waals surface area contributed by atoms with Crippen molar-refractivity contribution in [2.45, 2.75) is 20.4 Å². The number of ketones is 1. The fraction of sp³-hybridized carbons (Fsp3) is 0.417. The van der Waals surface area contributed by atoms with Crippen molar-refractivity contribution in [3.63, 3.8) is 0 Å². The average molecular weight is 443 g/mol. The largest absolute Gasteiger partial charge is 0.466 e. The third-order valence-corrected chi connectivity index (χ3v) is 5.19. The van der Waals surface area contributed by atoms with Gasteiger partial charge in [0.2, 0.25) is 0 Å². The molecule has 1 aromatic rings. The van der Waals surface area contributed by atoms with E-state index in [0.29, 0.717) is 6.54 Å². The van der Waals surface area contributed by atoms with Crippen molar-refractivity contribution < 1.29 is 33.4 Å². The minimum Gasteiger partial charge on any atom is -0.466 e. The van der Waals surface area contributed by atoms with Gasteiger partial charge < -0.3 is 14.2 Å². The summed E-state index contributed by atoms with van der Waals surface area (Å²) in [6, 6.07) is 9.56. The third-order valence-electron chi connectivity index (χ3n) is 5.19. The Morgan fingerprint density at radius 2 is 1.59 bits per heavy atom. The van der Waals surface area contributed by atoms with E-state index in [4.69, 9.17) is 9.47 Å². The molecule has 0 N–H and O–H groups in total. The molecule has 1 atom stereocenters. The highest BCUT2D eigenvalue weighted by atomic mass is 16.6. The van der Waals surface area contributed by atoms with Crippen LogP contribution >= 0.6 is 0 Å². The van der Waals surface area contributed by atoms with Gasteiger partial charge in [0.25, 0.3) is 0 Å². The summed E-state index contributed by atoms with van der Waals surface area (Å²) in [4.78, 5) is 52.3. The summed E-state index contributed by atoms with van der Waals surface area (Å²) >= 11 is 0. The first-order valence-electron chi connectivity index (χ1n) is 10.5. The van der Waals surface area contributed by atoms with Gasteiger partial charge >= 0.3 is 17.9 Å². The SMILES string of the molecule is CCOC(=O)C1(C(=O)OCC)CN(Cc2ccccc2)CC1C(=O)/C=C/C=C/C(=O)OC. The van der Waals surface area contributed by atoms with Gasteiger partial charge in [-0.25, -0.2) is 4.79 Å². The molecule has 32 heavy (non-hydrogen) atoms. The summed E-state index contributed by atoms with van der Waals surface area (Å²) < 4.78 is 15.0. The zero-order valence-electron chi connectivity index (χ0n) is 18.6. The lowest BCUT2D eigenvalue weighted by molar-refractivity contribution is -0.175. The number of likely N-dealkylation sites (tertiary alicyclic amines) is 1. The molecule has 0 aliphatic carbocycles. The monoisotopic (exact) mass is 443 g/mol. The van der Waals surface area contributed by atoms with E-state index in [1.165, 1.54) is 25.3 Å². The number of allylic oxidation sites excluding steroid dienone is 3. The molecule has 0 aromatic heterocycles. The molecule has 1 saturated heterocycles. The van der Waals surface area contributed by atoms with Crippen LogP contribution in [0.15, 0.2) is 54.6 Å². The fourth-order valence-electron chi connectivity index (χ4n) is 3.72. The summed E-state index contributed by atoms with van der Waals surface area (Å²) in [6.45, 7) is 4.05. The van der Waals surface area contributed by atoms with Crippen LogP contribution in [-0.2, 0) is 39.9 Å². The lowest BCUT2D eigenvalue weighted by Crippen LogP contribution is -2.50. The van der Waals surface area contributed by atoms with Gasteiger partial charge in [-0.2, -0.15) is 0 Å². The molecule has 0 amide bonds. The highest BCUT2D eigenvalue weighted by Gasteiger charge is 2.62. The average Bonchev–Trinajstić information content (AvgIpc) is 3.18. The number of hydrogen-bond donors (Lipinski definition) is 0. The number of benzene rings is 1.